The van der Waals surface area contributed by atoms with Gasteiger partial charge in [0.2, 0.25) is 0 Å². The van der Waals surface area contributed by atoms with Gasteiger partial charge in [-0.25, -0.2) is 10.4 Å². The van der Waals surface area contributed by atoms with Gasteiger partial charge in [0.1, 0.15) is 11.5 Å². The van der Waals surface area contributed by atoms with Gasteiger partial charge in [0.25, 0.3) is 11.6 Å². The van der Waals surface area contributed by atoms with Crippen LogP contribution in [0.15, 0.2) is 74.5 Å². The Morgan fingerprint density at radius 1 is 1.20 bits per heavy atom. The molecule has 150 valence electrons. The summed E-state index contributed by atoms with van der Waals surface area (Å²) in [5, 5.41) is 14.6. The Balaban J connectivity index is 1.29. The number of para-hydroxylation sites is 1. The summed E-state index contributed by atoms with van der Waals surface area (Å²) >= 11 is 2.90. The molecule has 0 aliphatic rings. The number of aromatic nitrogens is 1. The lowest BCUT2D eigenvalue weighted by molar-refractivity contribution is -0.384. The lowest BCUT2D eigenvalue weighted by atomic mass is 10.1. The van der Waals surface area contributed by atoms with E-state index in [0.29, 0.717) is 17.1 Å². The summed E-state index contributed by atoms with van der Waals surface area (Å²) in [5.74, 6) is 0.938. The number of carbonyl (C=O) groups is 1. The van der Waals surface area contributed by atoms with Crippen molar-refractivity contribution >= 4 is 51.1 Å². The van der Waals surface area contributed by atoms with E-state index in [4.69, 9.17) is 4.42 Å². The smallest absolute Gasteiger partial charge is 0.269 e. The number of hydrogen-bond acceptors (Lipinski definition) is 8. The summed E-state index contributed by atoms with van der Waals surface area (Å²) in [7, 11) is 0. The Labute approximate surface area is 178 Å². The second-order valence-electron chi connectivity index (χ2n) is 6.04. The molecule has 2 heterocycles. The van der Waals surface area contributed by atoms with Crippen LogP contribution < -0.4 is 5.43 Å². The number of amides is 1. The average molecular weight is 438 g/mol. The van der Waals surface area contributed by atoms with Crippen molar-refractivity contribution in [3.8, 4) is 11.3 Å². The molecule has 4 aromatic rings. The molecular weight excluding hydrogens is 424 g/mol. The van der Waals surface area contributed by atoms with Crippen molar-refractivity contribution < 1.29 is 14.1 Å². The highest BCUT2D eigenvalue weighted by molar-refractivity contribution is 8.01. The second-order valence-corrected chi connectivity index (χ2v) is 8.29. The zero-order valence-corrected chi connectivity index (χ0v) is 17.0. The number of hydrazone groups is 1. The van der Waals surface area contributed by atoms with E-state index in [0.717, 1.165) is 14.6 Å². The molecule has 0 spiro atoms. The number of furan rings is 1. The summed E-state index contributed by atoms with van der Waals surface area (Å²) in [6.45, 7) is 0. The van der Waals surface area contributed by atoms with Crippen LogP contribution in [0.4, 0.5) is 5.69 Å². The van der Waals surface area contributed by atoms with Crippen LogP contribution in [0.1, 0.15) is 5.76 Å². The molecule has 2 aromatic carbocycles. The van der Waals surface area contributed by atoms with E-state index in [-0.39, 0.29) is 17.3 Å². The monoisotopic (exact) mass is 438 g/mol. The summed E-state index contributed by atoms with van der Waals surface area (Å²) < 4.78 is 7.54. The molecule has 0 aliphatic heterocycles. The number of thioether (sulfide) groups is 1. The van der Waals surface area contributed by atoms with E-state index in [1.807, 2.05) is 24.3 Å². The largest absolute Gasteiger partial charge is 0.455 e. The molecule has 0 saturated carbocycles. The Kier molecular flexibility index (Phi) is 5.87. The minimum Gasteiger partial charge on any atom is -0.455 e. The molecule has 1 N–H and O–H groups in total. The van der Waals surface area contributed by atoms with Crippen LogP contribution in [0.25, 0.3) is 21.5 Å². The SMILES string of the molecule is O=C(CSc1nc2ccccc2s1)N/N=C/c1ccc(-c2ccc([N+](=O)[O-])cc2)o1. The van der Waals surface area contributed by atoms with Gasteiger partial charge in [-0.1, -0.05) is 23.9 Å². The summed E-state index contributed by atoms with van der Waals surface area (Å²) in [5.41, 5.74) is 4.09. The van der Waals surface area contributed by atoms with Crippen LogP contribution in [0, 0.1) is 10.1 Å². The van der Waals surface area contributed by atoms with Crippen LogP contribution in [0.5, 0.6) is 0 Å². The molecule has 0 bridgehead atoms. The predicted octanol–water partition coefficient (Wildman–Crippen LogP) is 4.71. The zero-order valence-electron chi connectivity index (χ0n) is 15.3. The molecule has 0 saturated heterocycles. The topological polar surface area (TPSA) is 111 Å². The highest BCUT2D eigenvalue weighted by Crippen LogP contribution is 2.29. The molecule has 0 aliphatic carbocycles. The van der Waals surface area contributed by atoms with Crippen molar-refractivity contribution in [1.29, 1.82) is 0 Å². The fourth-order valence-electron chi connectivity index (χ4n) is 2.57. The second kappa shape index (κ2) is 8.89. The molecule has 0 radical (unpaired) electrons. The molecule has 1 amide bonds. The Bertz CT molecular complexity index is 1200. The van der Waals surface area contributed by atoms with Crippen LogP contribution in [0.3, 0.4) is 0 Å². The summed E-state index contributed by atoms with van der Waals surface area (Å²) in [6, 6.07) is 17.3. The van der Waals surface area contributed by atoms with Gasteiger partial charge in [0, 0.05) is 17.7 Å². The van der Waals surface area contributed by atoms with Crippen molar-refractivity contribution in [3.63, 3.8) is 0 Å². The van der Waals surface area contributed by atoms with Crippen molar-refractivity contribution in [2.24, 2.45) is 5.10 Å². The third kappa shape index (κ3) is 4.73. The highest BCUT2D eigenvalue weighted by atomic mass is 32.2. The zero-order chi connectivity index (χ0) is 20.9. The number of non-ortho nitro benzene ring substituents is 1. The number of fused-ring (bicyclic) bond motifs is 1. The first-order valence-electron chi connectivity index (χ1n) is 8.73. The van der Waals surface area contributed by atoms with E-state index in [1.54, 1.807) is 35.6 Å². The van der Waals surface area contributed by atoms with Crippen LogP contribution in [0.2, 0.25) is 0 Å². The number of nitrogens with one attached hydrogen (secondary N) is 1. The number of thiazole rings is 1. The van der Waals surface area contributed by atoms with E-state index in [2.05, 4.69) is 15.5 Å². The van der Waals surface area contributed by atoms with Gasteiger partial charge < -0.3 is 4.42 Å². The number of nitrogens with zero attached hydrogens (tertiary/aromatic N) is 3. The van der Waals surface area contributed by atoms with Gasteiger partial charge in [-0.05, 0) is 36.4 Å². The fraction of sp³-hybridized carbons (Fsp3) is 0.0500. The van der Waals surface area contributed by atoms with Crippen molar-refractivity contribution in [1.82, 2.24) is 10.4 Å². The number of nitro groups is 1. The predicted molar refractivity (Wildman–Crippen MR) is 117 cm³/mol. The van der Waals surface area contributed by atoms with Crippen molar-refractivity contribution in [2.45, 2.75) is 4.34 Å². The number of benzene rings is 2. The fourth-order valence-corrected chi connectivity index (χ4v) is 4.43. The lowest BCUT2D eigenvalue weighted by Gasteiger charge is -1.97. The number of hydrogen-bond donors (Lipinski definition) is 1. The minimum absolute atomic E-state index is 0.0125. The molecule has 30 heavy (non-hydrogen) atoms. The molecule has 0 atom stereocenters. The first-order chi connectivity index (χ1) is 14.6. The Morgan fingerprint density at radius 3 is 2.77 bits per heavy atom. The Hall–Kier alpha value is -3.50. The molecule has 0 unspecified atom stereocenters. The van der Waals surface area contributed by atoms with E-state index in [9.17, 15) is 14.9 Å². The van der Waals surface area contributed by atoms with Gasteiger partial charge in [0.15, 0.2) is 4.34 Å². The average Bonchev–Trinajstić information content (AvgIpc) is 3.39. The maximum absolute atomic E-state index is 12.0. The number of carbonyl (C=O) groups excluding carboxylic acids is 1. The normalized spacial score (nSPS) is 11.2. The molecular formula is C20H14N4O4S2. The standard InChI is InChI=1S/C20H14N4O4S2/c25-19(12-29-20-22-16-3-1-2-4-18(16)30-20)23-21-11-15-9-10-17(28-15)13-5-7-14(8-6-13)24(26)27/h1-11H,12H2,(H,23,25)/b21-11+. The van der Waals surface area contributed by atoms with E-state index >= 15 is 0 Å². The van der Waals surface area contributed by atoms with Gasteiger partial charge in [-0.2, -0.15) is 5.10 Å². The maximum atomic E-state index is 12.0. The van der Waals surface area contributed by atoms with Crippen LogP contribution in [-0.4, -0.2) is 27.8 Å². The first kappa shape index (κ1) is 19.8. The third-order valence-corrected chi connectivity index (χ3v) is 6.15. The quantitative estimate of drug-likeness (QED) is 0.194. The van der Waals surface area contributed by atoms with Gasteiger partial charge in [-0.15, -0.1) is 11.3 Å². The van der Waals surface area contributed by atoms with E-state index < -0.39 is 4.92 Å². The van der Waals surface area contributed by atoms with Crippen molar-refractivity contribution in [2.75, 3.05) is 5.75 Å². The molecule has 4 rings (SSSR count). The van der Waals surface area contributed by atoms with Crippen LogP contribution >= 0.6 is 23.1 Å². The lowest BCUT2D eigenvalue weighted by Crippen LogP contribution is -2.19. The van der Waals surface area contributed by atoms with Crippen LogP contribution in [-0.2, 0) is 4.79 Å². The minimum atomic E-state index is -0.457. The van der Waals surface area contributed by atoms with Gasteiger partial charge in [-0.3, -0.25) is 14.9 Å². The molecule has 0 fully saturated rings. The first-order valence-corrected chi connectivity index (χ1v) is 10.5. The molecule has 10 heteroatoms. The summed E-state index contributed by atoms with van der Waals surface area (Å²) in [6.07, 6.45) is 1.40. The van der Waals surface area contributed by atoms with Crippen molar-refractivity contribution in [3.05, 3.63) is 76.5 Å². The summed E-state index contributed by atoms with van der Waals surface area (Å²) in [4.78, 5) is 26.7. The van der Waals surface area contributed by atoms with Gasteiger partial charge >= 0.3 is 0 Å². The Morgan fingerprint density at radius 2 is 2.00 bits per heavy atom. The maximum Gasteiger partial charge on any atom is 0.269 e. The van der Waals surface area contributed by atoms with E-state index in [1.165, 1.54) is 30.1 Å². The third-order valence-electron chi connectivity index (χ3n) is 3.97. The molecule has 8 nitrogen and oxygen atoms in total. The highest BCUT2D eigenvalue weighted by Gasteiger charge is 2.09. The molecule has 2 aromatic heterocycles. The number of rotatable bonds is 7. The number of nitro benzene ring substituents is 1. The van der Waals surface area contributed by atoms with Gasteiger partial charge in [0.05, 0.1) is 27.1 Å².